The van der Waals surface area contributed by atoms with Crippen LogP contribution in [0.15, 0.2) is 109 Å². The fourth-order valence-electron chi connectivity index (χ4n) is 4.49. The van der Waals surface area contributed by atoms with Gasteiger partial charge in [-0.3, -0.25) is 0 Å². The summed E-state index contributed by atoms with van der Waals surface area (Å²) in [4.78, 5) is 0. The van der Waals surface area contributed by atoms with E-state index in [0.717, 1.165) is 0 Å². The molecule has 0 aliphatic rings. The van der Waals surface area contributed by atoms with Crippen molar-refractivity contribution in [2.45, 2.75) is 27.7 Å². The monoisotopic (exact) mass is 438 g/mol. The number of rotatable bonds is 4. The molecule has 0 radical (unpaired) electrons. The summed E-state index contributed by atoms with van der Waals surface area (Å²) in [5.41, 5.74) is 15.1. The van der Waals surface area contributed by atoms with Gasteiger partial charge in [0.1, 0.15) is 0 Å². The van der Waals surface area contributed by atoms with Crippen LogP contribution in [-0.2, 0) is 0 Å². The van der Waals surface area contributed by atoms with Crippen molar-refractivity contribution in [2.24, 2.45) is 0 Å². The highest BCUT2D eigenvalue weighted by atomic mass is 14.2. The fraction of sp³-hybridized carbons (Fsp3) is 0.118. The van der Waals surface area contributed by atoms with Gasteiger partial charge in [0.15, 0.2) is 0 Å². The SMILES string of the molecule is Cc1ccc(-c2cc(-c3ccc(C)cc3)c(-c3ccc(C)cc3)cc2-c2ccc(C)cc2)cc1. The van der Waals surface area contributed by atoms with Gasteiger partial charge in [-0.05, 0) is 84.3 Å². The van der Waals surface area contributed by atoms with Crippen LogP contribution in [0.1, 0.15) is 22.3 Å². The van der Waals surface area contributed by atoms with E-state index < -0.39 is 0 Å². The van der Waals surface area contributed by atoms with Gasteiger partial charge in [-0.2, -0.15) is 0 Å². The molecule has 0 aliphatic heterocycles. The Morgan fingerprint density at radius 2 is 0.441 bits per heavy atom. The molecule has 0 fully saturated rings. The quantitative estimate of drug-likeness (QED) is 0.262. The van der Waals surface area contributed by atoms with Gasteiger partial charge in [0.2, 0.25) is 0 Å². The van der Waals surface area contributed by atoms with Crippen molar-refractivity contribution in [1.82, 2.24) is 0 Å². The minimum absolute atomic E-state index is 1.24. The second-order valence-corrected chi connectivity index (χ2v) is 9.41. The first-order valence-corrected chi connectivity index (χ1v) is 11.9. The summed E-state index contributed by atoms with van der Waals surface area (Å²) in [6.45, 7) is 8.57. The zero-order valence-corrected chi connectivity index (χ0v) is 20.4. The van der Waals surface area contributed by atoms with Crippen LogP contribution < -0.4 is 0 Å². The molecule has 0 amide bonds. The van der Waals surface area contributed by atoms with Crippen LogP contribution in [0, 0.1) is 27.7 Å². The molecule has 5 aromatic carbocycles. The average Bonchev–Trinajstić information content (AvgIpc) is 2.85. The van der Waals surface area contributed by atoms with Gasteiger partial charge < -0.3 is 0 Å². The van der Waals surface area contributed by atoms with Crippen molar-refractivity contribution in [2.75, 3.05) is 0 Å². The van der Waals surface area contributed by atoms with E-state index in [2.05, 4.69) is 137 Å². The standard InChI is InChI=1S/C34H30/c1-23-5-13-27(14-6-23)31-21-33(29-17-9-25(3)10-18-29)34(30-19-11-26(4)12-20-30)22-32(31)28-15-7-24(2)8-16-28/h5-22H,1-4H3. The lowest BCUT2D eigenvalue weighted by Gasteiger charge is -2.19. The molecule has 0 aromatic heterocycles. The van der Waals surface area contributed by atoms with E-state index in [4.69, 9.17) is 0 Å². The van der Waals surface area contributed by atoms with Crippen LogP contribution in [0.3, 0.4) is 0 Å². The first kappa shape index (κ1) is 21.9. The maximum Gasteiger partial charge on any atom is -0.00988 e. The molecule has 5 rings (SSSR count). The number of aryl methyl sites for hydroxylation is 4. The first-order valence-electron chi connectivity index (χ1n) is 11.9. The molecule has 166 valence electrons. The number of hydrogen-bond donors (Lipinski definition) is 0. The normalized spacial score (nSPS) is 10.9. The summed E-state index contributed by atoms with van der Waals surface area (Å²) in [7, 11) is 0. The lowest BCUT2D eigenvalue weighted by Crippen LogP contribution is -1.93. The molecular formula is C34H30. The molecule has 0 N–H and O–H groups in total. The minimum atomic E-state index is 1.24. The van der Waals surface area contributed by atoms with Gasteiger partial charge in [-0.25, -0.2) is 0 Å². The summed E-state index contributed by atoms with van der Waals surface area (Å²) in [6.07, 6.45) is 0. The zero-order valence-electron chi connectivity index (χ0n) is 20.4. The summed E-state index contributed by atoms with van der Waals surface area (Å²) >= 11 is 0. The van der Waals surface area contributed by atoms with Crippen LogP contribution in [0.2, 0.25) is 0 Å². The van der Waals surface area contributed by atoms with Gasteiger partial charge in [-0.1, -0.05) is 119 Å². The van der Waals surface area contributed by atoms with Crippen LogP contribution in [0.25, 0.3) is 44.5 Å². The third kappa shape index (κ3) is 4.45. The first-order chi connectivity index (χ1) is 16.5. The molecule has 0 heterocycles. The largest absolute Gasteiger partial charge is 0.0587 e. The van der Waals surface area contributed by atoms with Crippen molar-refractivity contribution in [3.05, 3.63) is 131 Å². The van der Waals surface area contributed by atoms with E-state index in [9.17, 15) is 0 Å². The third-order valence-electron chi connectivity index (χ3n) is 6.61. The van der Waals surface area contributed by atoms with Gasteiger partial charge in [0.25, 0.3) is 0 Å². The van der Waals surface area contributed by atoms with Gasteiger partial charge >= 0.3 is 0 Å². The van der Waals surface area contributed by atoms with E-state index in [1.807, 2.05) is 0 Å². The van der Waals surface area contributed by atoms with Crippen molar-refractivity contribution in [1.29, 1.82) is 0 Å². The summed E-state index contributed by atoms with van der Waals surface area (Å²) in [6, 6.07) is 40.3. The maximum absolute atomic E-state index is 2.39. The van der Waals surface area contributed by atoms with Crippen molar-refractivity contribution < 1.29 is 0 Å². The summed E-state index contributed by atoms with van der Waals surface area (Å²) in [5, 5.41) is 0. The Balaban J connectivity index is 1.83. The molecule has 0 aliphatic carbocycles. The summed E-state index contributed by atoms with van der Waals surface area (Å²) in [5.74, 6) is 0. The Kier molecular flexibility index (Phi) is 5.90. The molecule has 0 nitrogen and oxygen atoms in total. The van der Waals surface area contributed by atoms with E-state index in [1.54, 1.807) is 0 Å². The maximum atomic E-state index is 2.39. The molecule has 0 spiro atoms. The second kappa shape index (κ2) is 9.15. The van der Waals surface area contributed by atoms with Crippen molar-refractivity contribution in [3.8, 4) is 44.5 Å². The van der Waals surface area contributed by atoms with Gasteiger partial charge in [0, 0.05) is 0 Å². The molecular weight excluding hydrogens is 408 g/mol. The predicted molar refractivity (Wildman–Crippen MR) is 147 cm³/mol. The Hall–Kier alpha value is -3.90. The van der Waals surface area contributed by atoms with Crippen molar-refractivity contribution >= 4 is 0 Å². The highest BCUT2D eigenvalue weighted by Gasteiger charge is 2.16. The predicted octanol–water partition coefficient (Wildman–Crippen LogP) is 9.59. The lowest BCUT2D eigenvalue weighted by atomic mass is 9.85. The summed E-state index contributed by atoms with van der Waals surface area (Å²) < 4.78 is 0. The minimum Gasteiger partial charge on any atom is -0.0587 e. The Morgan fingerprint density at radius 1 is 0.265 bits per heavy atom. The molecule has 0 bridgehead atoms. The Morgan fingerprint density at radius 3 is 0.618 bits per heavy atom. The molecule has 0 saturated heterocycles. The van der Waals surface area contributed by atoms with Gasteiger partial charge in [-0.15, -0.1) is 0 Å². The molecule has 0 heteroatoms. The number of hydrogen-bond acceptors (Lipinski definition) is 0. The van der Waals surface area contributed by atoms with Crippen molar-refractivity contribution in [3.63, 3.8) is 0 Å². The lowest BCUT2D eigenvalue weighted by molar-refractivity contribution is 1.44. The fourth-order valence-corrected chi connectivity index (χ4v) is 4.49. The second-order valence-electron chi connectivity index (χ2n) is 9.41. The third-order valence-corrected chi connectivity index (χ3v) is 6.61. The van der Waals surface area contributed by atoms with Crippen LogP contribution in [0.4, 0.5) is 0 Å². The smallest absolute Gasteiger partial charge is 0.00988 e. The van der Waals surface area contributed by atoms with Crippen LogP contribution in [0.5, 0.6) is 0 Å². The Bertz CT molecular complexity index is 1190. The highest BCUT2D eigenvalue weighted by molar-refractivity contribution is 5.95. The highest BCUT2D eigenvalue weighted by Crippen LogP contribution is 2.42. The van der Waals surface area contributed by atoms with E-state index in [0.29, 0.717) is 0 Å². The van der Waals surface area contributed by atoms with Crippen LogP contribution in [-0.4, -0.2) is 0 Å². The molecule has 5 aromatic rings. The molecule has 0 saturated carbocycles. The Labute approximate surface area is 203 Å². The van der Waals surface area contributed by atoms with Crippen LogP contribution >= 0.6 is 0 Å². The van der Waals surface area contributed by atoms with E-state index in [1.165, 1.54) is 66.8 Å². The topological polar surface area (TPSA) is 0 Å². The zero-order chi connectivity index (χ0) is 23.7. The van der Waals surface area contributed by atoms with E-state index >= 15 is 0 Å². The number of benzene rings is 5. The van der Waals surface area contributed by atoms with Gasteiger partial charge in [0.05, 0.1) is 0 Å². The van der Waals surface area contributed by atoms with E-state index in [-0.39, 0.29) is 0 Å². The molecule has 0 atom stereocenters. The average molecular weight is 439 g/mol. The molecule has 34 heavy (non-hydrogen) atoms. The molecule has 0 unspecified atom stereocenters.